The van der Waals surface area contributed by atoms with Crippen LogP contribution >= 0.6 is 11.8 Å². The van der Waals surface area contributed by atoms with Crippen LogP contribution in [0, 0.1) is 18.6 Å². The van der Waals surface area contributed by atoms with Gasteiger partial charge in [0.1, 0.15) is 6.10 Å². The van der Waals surface area contributed by atoms with Crippen molar-refractivity contribution in [3.63, 3.8) is 0 Å². The van der Waals surface area contributed by atoms with Gasteiger partial charge in [-0.1, -0.05) is 24.3 Å². The van der Waals surface area contributed by atoms with Crippen molar-refractivity contribution < 1.29 is 13.9 Å². The van der Waals surface area contributed by atoms with Crippen LogP contribution in [-0.2, 0) is 0 Å². The van der Waals surface area contributed by atoms with Crippen LogP contribution in [-0.4, -0.2) is 11.4 Å². The van der Waals surface area contributed by atoms with Crippen LogP contribution in [0.1, 0.15) is 22.8 Å². The molecule has 0 radical (unpaired) electrons. The van der Waals surface area contributed by atoms with Crippen LogP contribution in [0.25, 0.3) is 0 Å². The summed E-state index contributed by atoms with van der Waals surface area (Å²) in [5.74, 6) is -1.89. The Labute approximate surface area is 115 Å². The fraction of sp³-hybridized carbons (Fsp3) is 0.200. The van der Waals surface area contributed by atoms with Crippen molar-refractivity contribution >= 4 is 11.8 Å². The van der Waals surface area contributed by atoms with E-state index in [-0.39, 0.29) is 11.1 Å². The Bertz CT molecular complexity index is 581. The molecule has 0 saturated heterocycles. The van der Waals surface area contributed by atoms with Gasteiger partial charge in [-0.25, -0.2) is 8.78 Å². The van der Waals surface area contributed by atoms with E-state index in [4.69, 9.17) is 0 Å². The van der Waals surface area contributed by atoms with E-state index < -0.39 is 17.7 Å². The van der Waals surface area contributed by atoms with E-state index in [0.29, 0.717) is 5.56 Å². The molecule has 1 atom stereocenters. The van der Waals surface area contributed by atoms with Crippen molar-refractivity contribution in [2.24, 2.45) is 0 Å². The molecular formula is C15H14F2OS. The summed E-state index contributed by atoms with van der Waals surface area (Å²) in [6.45, 7) is 1.49. The van der Waals surface area contributed by atoms with Crippen LogP contribution in [0.4, 0.5) is 8.78 Å². The molecule has 0 amide bonds. The predicted octanol–water partition coefficient (Wildman–Crippen LogP) is 4.08. The monoisotopic (exact) mass is 280 g/mol. The van der Waals surface area contributed by atoms with Crippen LogP contribution < -0.4 is 0 Å². The number of rotatable bonds is 3. The summed E-state index contributed by atoms with van der Waals surface area (Å²) in [7, 11) is 0. The highest BCUT2D eigenvalue weighted by Crippen LogP contribution is 2.28. The zero-order chi connectivity index (χ0) is 14.0. The Balaban J connectivity index is 2.38. The Morgan fingerprint density at radius 3 is 2.21 bits per heavy atom. The molecule has 0 heterocycles. The average Bonchev–Trinajstić information content (AvgIpc) is 2.44. The molecule has 0 fully saturated rings. The molecule has 0 bridgehead atoms. The Morgan fingerprint density at radius 2 is 1.63 bits per heavy atom. The molecule has 1 N–H and O–H groups in total. The first-order valence-electron chi connectivity index (χ1n) is 5.81. The minimum Gasteiger partial charge on any atom is -0.384 e. The van der Waals surface area contributed by atoms with Crippen molar-refractivity contribution in [3.8, 4) is 0 Å². The van der Waals surface area contributed by atoms with Crippen molar-refractivity contribution in [1.29, 1.82) is 0 Å². The second-order valence-corrected chi connectivity index (χ2v) is 5.16. The van der Waals surface area contributed by atoms with Crippen LogP contribution in [0.5, 0.6) is 0 Å². The molecule has 2 aromatic carbocycles. The maximum atomic E-state index is 13.8. The van der Waals surface area contributed by atoms with E-state index in [2.05, 4.69) is 0 Å². The minimum atomic E-state index is -1.16. The highest BCUT2D eigenvalue weighted by molar-refractivity contribution is 7.98. The number of aliphatic hydroxyl groups is 1. The lowest BCUT2D eigenvalue weighted by atomic mass is 9.99. The number of aliphatic hydroxyl groups excluding tert-OH is 1. The van der Waals surface area contributed by atoms with Gasteiger partial charge in [-0.2, -0.15) is 0 Å². The molecule has 100 valence electrons. The molecule has 0 aromatic heterocycles. The molecule has 1 unspecified atom stereocenters. The summed E-state index contributed by atoms with van der Waals surface area (Å²) < 4.78 is 27.3. The van der Waals surface area contributed by atoms with Gasteiger partial charge in [-0.3, -0.25) is 0 Å². The first-order valence-corrected chi connectivity index (χ1v) is 7.03. The molecular weight excluding hydrogens is 266 g/mol. The molecule has 0 aliphatic rings. The summed E-state index contributed by atoms with van der Waals surface area (Å²) >= 11 is 1.58. The first kappa shape index (κ1) is 14.0. The highest BCUT2D eigenvalue weighted by atomic mass is 32.2. The van der Waals surface area contributed by atoms with E-state index in [9.17, 15) is 13.9 Å². The largest absolute Gasteiger partial charge is 0.384 e. The first-order chi connectivity index (χ1) is 9.04. The SMILES string of the molecule is CSc1ccc(C(O)c2ccc(C)c(F)c2F)cc1. The summed E-state index contributed by atoms with van der Waals surface area (Å²) in [5, 5.41) is 10.1. The second kappa shape index (κ2) is 5.72. The minimum absolute atomic E-state index is 0.0417. The van der Waals surface area contributed by atoms with Gasteiger partial charge in [-0.05, 0) is 36.4 Å². The zero-order valence-electron chi connectivity index (χ0n) is 10.7. The van der Waals surface area contributed by atoms with Gasteiger partial charge < -0.3 is 5.11 Å². The van der Waals surface area contributed by atoms with Gasteiger partial charge in [0, 0.05) is 10.5 Å². The standard InChI is InChI=1S/C15H14F2OS/c1-9-3-8-12(14(17)13(9)16)15(18)10-4-6-11(19-2)7-5-10/h3-8,15,18H,1-2H3. The number of hydrogen-bond donors (Lipinski definition) is 1. The van der Waals surface area contributed by atoms with Crippen molar-refractivity contribution in [3.05, 3.63) is 64.7 Å². The van der Waals surface area contributed by atoms with E-state index in [1.54, 1.807) is 23.9 Å². The van der Waals surface area contributed by atoms with Crippen molar-refractivity contribution in [2.75, 3.05) is 6.26 Å². The Kier molecular flexibility index (Phi) is 4.22. The number of benzene rings is 2. The second-order valence-electron chi connectivity index (χ2n) is 4.28. The van der Waals surface area contributed by atoms with Gasteiger partial charge in [0.2, 0.25) is 0 Å². The molecule has 2 aromatic rings. The number of aryl methyl sites for hydroxylation is 1. The number of halogens is 2. The summed E-state index contributed by atoms with van der Waals surface area (Å²) in [6, 6.07) is 9.99. The fourth-order valence-corrected chi connectivity index (χ4v) is 2.25. The third kappa shape index (κ3) is 2.80. The Hall–Kier alpha value is -1.39. The van der Waals surface area contributed by atoms with Gasteiger partial charge in [0.05, 0.1) is 0 Å². The zero-order valence-corrected chi connectivity index (χ0v) is 11.5. The van der Waals surface area contributed by atoms with Gasteiger partial charge >= 0.3 is 0 Å². The predicted molar refractivity (Wildman–Crippen MR) is 73.4 cm³/mol. The van der Waals surface area contributed by atoms with E-state index in [0.717, 1.165) is 4.90 Å². The quantitative estimate of drug-likeness (QED) is 0.855. The maximum absolute atomic E-state index is 13.8. The number of thioether (sulfide) groups is 1. The molecule has 4 heteroatoms. The maximum Gasteiger partial charge on any atom is 0.165 e. The molecule has 0 spiro atoms. The fourth-order valence-electron chi connectivity index (χ4n) is 1.84. The summed E-state index contributed by atoms with van der Waals surface area (Å²) in [4.78, 5) is 1.05. The van der Waals surface area contributed by atoms with Crippen molar-refractivity contribution in [2.45, 2.75) is 17.9 Å². The lowest BCUT2D eigenvalue weighted by molar-refractivity contribution is 0.213. The number of hydrogen-bond acceptors (Lipinski definition) is 2. The summed E-state index contributed by atoms with van der Waals surface area (Å²) in [5.41, 5.74) is 0.728. The average molecular weight is 280 g/mol. The third-order valence-electron chi connectivity index (χ3n) is 3.03. The van der Waals surface area contributed by atoms with E-state index in [1.807, 2.05) is 18.4 Å². The van der Waals surface area contributed by atoms with Gasteiger partial charge in [0.25, 0.3) is 0 Å². The van der Waals surface area contributed by atoms with E-state index >= 15 is 0 Å². The van der Waals surface area contributed by atoms with Crippen LogP contribution in [0.15, 0.2) is 41.3 Å². The van der Waals surface area contributed by atoms with Gasteiger partial charge in [-0.15, -0.1) is 11.8 Å². The van der Waals surface area contributed by atoms with Crippen LogP contribution in [0.2, 0.25) is 0 Å². The van der Waals surface area contributed by atoms with E-state index in [1.165, 1.54) is 19.1 Å². The van der Waals surface area contributed by atoms with Crippen LogP contribution in [0.3, 0.4) is 0 Å². The topological polar surface area (TPSA) is 20.2 Å². The molecule has 2 rings (SSSR count). The third-order valence-corrected chi connectivity index (χ3v) is 3.77. The molecule has 0 aliphatic heterocycles. The summed E-state index contributed by atoms with van der Waals surface area (Å²) in [6.07, 6.45) is 0.784. The molecule has 0 aliphatic carbocycles. The molecule has 1 nitrogen and oxygen atoms in total. The molecule has 0 saturated carbocycles. The molecule has 19 heavy (non-hydrogen) atoms. The van der Waals surface area contributed by atoms with Crippen molar-refractivity contribution in [1.82, 2.24) is 0 Å². The smallest absolute Gasteiger partial charge is 0.165 e. The lowest BCUT2D eigenvalue weighted by Gasteiger charge is -2.14. The highest BCUT2D eigenvalue weighted by Gasteiger charge is 2.18. The Morgan fingerprint density at radius 1 is 1.00 bits per heavy atom. The van der Waals surface area contributed by atoms with Gasteiger partial charge in [0.15, 0.2) is 11.6 Å². The lowest BCUT2D eigenvalue weighted by Crippen LogP contribution is -2.05. The normalized spacial score (nSPS) is 12.5.